The van der Waals surface area contributed by atoms with Gasteiger partial charge in [0.15, 0.2) is 0 Å². The molecule has 0 amide bonds. The highest BCUT2D eigenvalue weighted by Crippen LogP contribution is 2.14. The number of fused-ring (bicyclic) bond motifs is 1. The molecule has 0 heterocycles. The topological polar surface area (TPSA) is 26.3 Å². The Morgan fingerprint density at radius 3 is 2.71 bits per heavy atom. The summed E-state index contributed by atoms with van der Waals surface area (Å²) < 4.78 is 4.74. The van der Waals surface area contributed by atoms with Gasteiger partial charge in [-0.2, -0.15) is 0 Å². The van der Waals surface area contributed by atoms with Gasteiger partial charge in [0.1, 0.15) is 0 Å². The lowest BCUT2D eigenvalue weighted by molar-refractivity contribution is -0.136. The molecule has 84 valence electrons. The first-order chi connectivity index (χ1) is 8.29. The molecule has 17 heavy (non-hydrogen) atoms. The maximum atomic E-state index is 11.1. The van der Waals surface area contributed by atoms with Gasteiger partial charge in [0.25, 0.3) is 0 Å². The number of rotatable bonds is 1. The molecule has 0 bridgehead atoms. The molecule has 0 N–H and O–H groups in total. The molecule has 0 atom stereocenters. The van der Waals surface area contributed by atoms with E-state index in [0.29, 0.717) is 6.61 Å². The van der Waals surface area contributed by atoms with Gasteiger partial charge < -0.3 is 4.74 Å². The minimum Gasteiger partial charge on any atom is -0.456 e. The maximum absolute atomic E-state index is 11.1. The van der Waals surface area contributed by atoms with Crippen LogP contribution < -0.4 is 0 Å². The van der Waals surface area contributed by atoms with E-state index >= 15 is 0 Å². The summed E-state index contributed by atoms with van der Waals surface area (Å²) in [5.74, 6) is 4.76. The van der Waals surface area contributed by atoms with Gasteiger partial charge in [-0.15, -0.1) is 0 Å². The molecule has 0 saturated heterocycles. The van der Waals surface area contributed by atoms with Crippen molar-refractivity contribution in [2.45, 2.75) is 6.92 Å². The van der Waals surface area contributed by atoms with E-state index in [9.17, 15) is 4.79 Å². The van der Waals surface area contributed by atoms with E-state index in [1.54, 1.807) is 6.92 Å². The number of benzene rings is 2. The largest absolute Gasteiger partial charge is 0.456 e. The van der Waals surface area contributed by atoms with Crippen LogP contribution >= 0.6 is 0 Å². The third-order valence-corrected chi connectivity index (χ3v) is 2.33. The number of esters is 1. The fourth-order valence-corrected chi connectivity index (χ4v) is 1.56. The molecule has 0 spiro atoms. The number of hydrogen-bond acceptors (Lipinski definition) is 2. The number of carbonyl (C=O) groups is 1. The number of ether oxygens (including phenoxy) is 1. The minimum absolute atomic E-state index is 0.352. The van der Waals surface area contributed by atoms with Crippen molar-refractivity contribution in [1.82, 2.24) is 0 Å². The maximum Gasteiger partial charge on any atom is 0.384 e. The molecular weight excluding hydrogens is 212 g/mol. The van der Waals surface area contributed by atoms with Crippen molar-refractivity contribution >= 4 is 16.7 Å². The second-order valence-corrected chi connectivity index (χ2v) is 3.53. The summed E-state index contributed by atoms with van der Waals surface area (Å²) in [5.41, 5.74) is 0.816. The Morgan fingerprint density at radius 2 is 1.94 bits per heavy atom. The highest BCUT2D eigenvalue weighted by atomic mass is 16.5. The molecule has 0 aliphatic rings. The van der Waals surface area contributed by atoms with Crippen LogP contribution in [0.2, 0.25) is 0 Å². The van der Waals surface area contributed by atoms with Crippen LogP contribution in [0.1, 0.15) is 12.5 Å². The van der Waals surface area contributed by atoms with Crippen LogP contribution in [0, 0.1) is 11.8 Å². The predicted molar refractivity (Wildman–Crippen MR) is 67.5 cm³/mol. The second-order valence-electron chi connectivity index (χ2n) is 3.53. The zero-order valence-electron chi connectivity index (χ0n) is 9.57. The summed E-state index contributed by atoms with van der Waals surface area (Å²) in [5, 5.41) is 2.28. The highest BCUT2D eigenvalue weighted by Gasteiger charge is 1.95. The van der Waals surface area contributed by atoms with Crippen LogP contribution in [0.3, 0.4) is 0 Å². The van der Waals surface area contributed by atoms with Crippen molar-refractivity contribution in [2.24, 2.45) is 0 Å². The Balaban J connectivity index is 2.28. The summed E-state index contributed by atoms with van der Waals surface area (Å²) in [4.78, 5) is 11.1. The lowest BCUT2D eigenvalue weighted by atomic mass is 10.1. The normalized spacial score (nSPS) is 9.47. The lowest BCUT2D eigenvalue weighted by Gasteiger charge is -1.97. The molecule has 2 rings (SSSR count). The first-order valence-electron chi connectivity index (χ1n) is 5.47. The molecule has 2 aromatic rings. The SMILES string of the molecule is CCOC(=O)C#Cc1ccc2ccccc2c1. The minimum atomic E-state index is -0.486. The third kappa shape index (κ3) is 2.85. The summed E-state index contributed by atoms with van der Waals surface area (Å²) >= 11 is 0. The van der Waals surface area contributed by atoms with Gasteiger partial charge in [0.05, 0.1) is 6.61 Å². The van der Waals surface area contributed by atoms with Crippen LogP contribution in [-0.4, -0.2) is 12.6 Å². The first kappa shape index (κ1) is 11.2. The van der Waals surface area contributed by atoms with E-state index in [1.165, 1.54) is 0 Å². The van der Waals surface area contributed by atoms with Crippen LogP contribution in [-0.2, 0) is 9.53 Å². The van der Waals surface area contributed by atoms with Crippen molar-refractivity contribution in [3.8, 4) is 11.8 Å². The highest BCUT2D eigenvalue weighted by molar-refractivity contribution is 5.90. The van der Waals surface area contributed by atoms with Crippen molar-refractivity contribution in [3.63, 3.8) is 0 Å². The Morgan fingerprint density at radius 1 is 1.18 bits per heavy atom. The number of carbonyl (C=O) groups excluding carboxylic acids is 1. The zero-order chi connectivity index (χ0) is 12.1. The molecule has 2 nitrogen and oxygen atoms in total. The summed E-state index contributed by atoms with van der Waals surface area (Å²) in [6, 6.07) is 13.9. The molecule has 2 heteroatoms. The van der Waals surface area contributed by atoms with Crippen LogP contribution in [0.15, 0.2) is 42.5 Å². The molecular formula is C15H12O2. The fraction of sp³-hybridized carbons (Fsp3) is 0.133. The zero-order valence-corrected chi connectivity index (χ0v) is 9.57. The van der Waals surface area contributed by atoms with Gasteiger partial charge >= 0.3 is 5.97 Å². The molecule has 0 fully saturated rings. The van der Waals surface area contributed by atoms with E-state index in [1.807, 2.05) is 42.5 Å². The standard InChI is InChI=1S/C15H12O2/c1-2-17-15(16)10-8-12-7-9-13-5-3-4-6-14(13)11-12/h3-7,9,11H,2H2,1H3. The van der Waals surface area contributed by atoms with Crippen molar-refractivity contribution in [3.05, 3.63) is 48.0 Å². The monoisotopic (exact) mass is 224 g/mol. The molecule has 0 aromatic heterocycles. The Hall–Kier alpha value is -2.27. The average molecular weight is 224 g/mol. The van der Waals surface area contributed by atoms with Crippen LogP contribution in [0.5, 0.6) is 0 Å². The van der Waals surface area contributed by atoms with E-state index in [-0.39, 0.29) is 0 Å². The third-order valence-electron chi connectivity index (χ3n) is 2.33. The Labute approximate surface area is 100 Å². The Bertz CT molecular complexity index is 603. The average Bonchev–Trinajstić information content (AvgIpc) is 2.36. The second kappa shape index (κ2) is 5.18. The van der Waals surface area contributed by atoms with Crippen LogP contribution in [0.4, 0.5) is 0 Å². The van der Waals surface area contributed by atoms with Gasteiger partial charge in [-0.1, -0.05) is 36.3 Å². The van der Waals surface area contributed by atoms with Gasteiger partial charge in [-0.3, -0.25) is 0 Å². The molecule has 0 aliphatic heterocycles. The summed E-state index contributed by atoms with van der Waals surface area (Å²) in [6.07, 6.45) is 0. The van der Waals surface area contributed by atoms with E-state index in [0.717, 1.165) is 16.3 Å². The van der Waals surface area contributed by atoms with Gasteiger partial charge in [0.2, 0.25) is 0 Å². The smallest absolute Gasteiger partial charge is 0.384 e. The van der Waals surface area contributed by atoms with Crippen LogP contribution in [0.25, 0.3) is 10.8 Å². The van der Waals surface area contributed by atoms with Gasteiger partial charge in [-0.05, 0) is 29.8 Å². The van der Waals surface area contributed by atoms with E-state index in [4.69, 9.17) is 4.74 Å². The molecule has 0 unspecified atom stereocenters. The summed E-state index contributed by atoms with van der Waals surface area (Å²) in [6.45, 7) is 2.11. The van der Waals surface area contributed by atoms with E-state index < -0.39 is 5.97 Å². The predicted octanol–water partition coefficient (Wildman–Crippen LogP) is 2.75. The molecule has 0 radical (unpaired) electrons. The van der Waals surface area contributed by atoms with Crippen molar-refractivity contribution in [1.29, 1.82) is 0 Å². The Kier molecular flexibility index (Phi) is 3.42. The first-order valence-corrected chi connectivity index (χ1v) is 5.47. The van der Waals surface area contributed by atoms with Crippen molar-refractivity contribution < 1.29 is 9.53 Å². The molecule has 0 saturated carbocycles. The van der Waals surface area contributed by atoms with Gasteiger partial charge in [0, 0.05) is 11.5 Å². The fourth-order valence-electron chi connectivity index (χ4n) is 1.56. The van der Waals surface area contributed by atoms with Crippen molar-refractivity contribution in [2.75, 3.05) is 6.61 Å². The number of hydrogen-bond donors (Lipinski definition) is 0. The summed E-state index contributed by atoms with van der Waals surface area (Å²) in [7, 11) is 0. The lowest BCUT2D eigenvalue weighted by Crippen LogP contribution is -1.99. The van der Waals surface area contributed by atoms with E-state index in [2.05, 4.69) is 11.8 Å². The quantitative estimate of drug-likeness (QED) is 0.550. The molecule has 0 aliphatic carbocycles. The van der Waals surface area contributed by atoms with Gasteiger partial charge in [-0.25, -0.2) is 4.79 Å². The molecule has 2 aromatic carbocycles.